The highest BCUT2D eigenvalue weighted by atomic mass is 15.1. The number of benzene rings is 11. The molecule has 1 aliphatic carbocycles. The van der Waals surface area contributed by atoms with Crippen molar-refractivity contribution in [3.8, 4) is 50.2 Å². The second-order valence-corrected chi connectivity index (χ2v) is 18.0. The Morgan fingerprint density at radius 1 is 0.290 bits per heavy atom. The first-order chi connectivity index (χ1) is 34.2. The van der Waals surface area contributed by atoms with E-state index in [-0.39, 0.29) is 0 Å². The topological polar surface area (TPSA) is 8.17 Å². The predicted molar refractivity (Wildman–Crippen MR) is 289 cm³/mol. The van der Waals surface area contributed by atoms with E-state index in [0.29, 0.717) is 0 Å². The second kappa shape index (κ2) is 16.7. The minimum atomic E-state index is -0.466. The van der Waals surface area contributed by atoms with Crippen LogP contribution < -0.4 is 4.90 Å². The Bertz CT molecular complexity index is 3790. The van der Waals surface area contributed by atoms with E-state index in [1.165, 1.54) is 71.9 Å². The van der Waals surface area contributed by atoms with Crippen LogP contribution in [-0.2, 0) is 5.41 Å². The van der Waals surface area contributed by atoms with Gasteiger partial charge in [-0.05, 0) is 122 Å². The number of rotatable bonds is 9. The van der Waals surface area contributed by atoms with Gasteiger partial charge in [0.2, 0.25) is 0 Å². The van der Waals surface area contributed by atoms with Crippen molar-refractivity contribution in [3.05, 3.63) is 301 Å². The molecular formula is C67H46N2. The summed E-state index contributed by atoms with van der Waals surface area (Å²) >= 11 is 0. The number of hydrogen-bond acceptors (Lipinski definition) is 1. The fraction of sp³-hybridized carbons (Fsp3) is 0.0149. The second-order valence-electron chi connectivity index (χ2n) is 18.0. The van der Waals surface area contributed by atoms with Crippen LogP contribution in [0.3, 0.4) is 0 Å². The van der Waals surface area contributed by atoms with Gasteiger partial charge in [-0.2, -0.15) is 0 Å². The Hall–Kier alpha value is -8.98. The van der Waals surface area contributed by atoms with Crippen LogP contribution in [0.4, 0.5) is 17.1 Å². The molecule has 12 aromatic rings. The van der Waals surface area contributed by atoms with E-state index in [1.54, 1.807) is 0 Å². The van der Waals surface area contributed by atoms with Crippen LogP contribution in [0, 0.1) is 0 Å². The van der Waals surface area contributed by atoms with Gasteiger partial charge in [0.15, 0.2) is 0 Å². The minimum Gasteiger partial charge on any atom is -0.310 e. The van der Waals surface area contributed by atoms with Gasteiger partial charge in [-0.25, -0.2) is 0 Å². The lowest BCUT2D eigenvalue weighted by Gasteiger charge is -2.34. The fourth-order valence-corrected chi connectivity index (χ4v) is 11.2. The van der Waals surface area contributed by atoms with E-state index in [9.17, 15) is 0 Å². The molecule has 0 N–H and O–H groups in total. The molecule has 324 valence electrons. The van der Waals surface area contributed by atoms with Crippen LogP contribution in [0.5, 0.6) is 0 Å². The van der Waals surface area contributed by atoms with E-state index in [2.05, 4.69) is 289 Å². The maximum absolute atomic E-state index is 2.43. The summed E-state index contributed by atoms with van der Waals surface area (Å²) in [6.45, 7) is 0. The Labute approximate surface area is 403 Å². The summed E-state index contributed by atoms with van der Waals surface area (Å²) in [4.78, 5) is 2.43. The van der Waals surface area contributed by atoms with Crippen molar-refractivity contribution in [2.24, 2.45) is 0 Å². The average Bonchev–Trinajstić information content (AvgIpc) is 3.92. The number of aromatic nitrogens is 1. The Kier molecular flexibility index (Phi) is 9.77. The van der Waals surface area contributed by atoms with Crippen LogP contribution in [-0.4, -0.2) is 4.57 Å². The highest BCUT2D eigenvalue weighted by Crippen LogP contribution is 2.57. The molecule has 11 aromatic carbocycles. The van der Waals surface area contributed by atoms with Crippen molar-refractivity contribution in [2.75, 3.05) is 4.90 Å². The molecule has 0 aliphatic heterocycles. The van der Waals surface area contributed by atoms with Crippen molar-refractivity contribution in [1.29, 1.82) is 0 Å². The highest BCUT2D eigenvalue weighted by Gasteiger charge is 2.46. The average molecular weight is 879 g/mol. The molecule has 0 saturated heterocycles. The van der Waals surface area contributed by atoms with E-state index in [1.807, 2.05) is 0 Å². The summed E-state index contributed by atoms with van der Waals surface area (Å²) in [5.74, 6) is 0. The standard InChI is InChI=1S/C67H46N2/c1-5-21-47(22-6-1)49-24-20-32-55(44-49)69-65-38-18-15-35-59(65)60-41-39-50(45-66(60)69)48-23-19-25-51(43-48)57-33-14-17-37-64(57)68(54-30-11-4-12-31-54)56-40-42-63-61(46-56)58-34-13-16-36-62(58)67(63,52-26-7-2-8-27-52)53-28-9-3-10-29-53/h1-46H. The molecule has 2 nitrogen and oxygen atoms in total. The summed E-state index contributed by atoms with van der Waals surface area (Å²) in [5.41, 5.74) is 21.0. The number of fused-ring (bicyclic) bond motifs is 6. The number of para-hydroxylation sites is 3. The maximum atomic E-state index is 2.43. The normalized spacial score (nSPS) is 12.5. The summed E-state index contributed by atoms with van der Waals surface area (Å²) in [6, 6.07) is 102. The van der Waals surface area contributed by atoms with Gasteiger partial charge in [0.05, 0.1) is 22.1 Å². The molecule has 13 rings (SSSR count). The van der Waals surface area contributed by atoms with Crippen molar-refractivity contribution >= 4 is 38.9 Å². The molecule has 0 atom stereocenters. The van der Waals surface area contributed by atoms with E-state index < -0.39 is 5.41 Å². The molecular weight excluding hydrogens is 833 g/mol. The smallest absolute Gasteiger partial charge is 0.0713 e. The zero-order valence-electron chi connectivity index (χ0n) is 38.0. The van der Waals surface area contributed by atoms with Gasteiger partial charge in [0, 0.05) is 33.4 Å². The van der Waals surface area contributed by atoms with Crippen LogP contribution in [0.25, 0.3) is 72.0 Å². The molecule has 0 spiro atoms. The predicted octanol–water partition coefficient (Wildman–Crippen LogP) is 17.6. The molecule has 1 aromatic heterocycles. The fourth-order valence-electron chi connectivity index (χ4n) is 11.2. The zero-order valence-corrected chi connectivity index (χ0v) is 38.0. The number of nitrogens with zero attached hydrogens (tertiary/aromatic N) is 2. The van der Waals surface area contributed by atoms with Gasteiger partial charge < -0.3 is 9.47 Å². The van der Waals surface area contributed by atoms with Crippen molar-refractivity contribution in [2.45, 2.75) is 5.41 Å². The van der Waals surface area contributed by atoms with E-state index in [4.69, 9.17) is 0 Å². The molecule has 0 bridgehead atoms. The summed E-state index contributed by atoms with van der Waals surface area (Å²) < 4.78 is 2.43. The Morgan fingerprint density at radius 2 is 0.841 bits per heavy atom. The summed E-state index contributed by atoms with van der Waals surface area (Å²) in [7, 11) is 0. The molecule has 0 unspecified atom stereocenters. The maximum Gasteiger partial charge on any atom is 0.0713 e. The van der Waals surface area contributed by atoms with Crippen molar-refractivity contribution < 1.29 is 0 Å². The highest BCUT2D eigenvalue weighted by molar-refractivity contribution is 6.10. The van der Waals surface area contributed by atoms with Crippen LogP contribution in [0.15, 0.2) is 279 Å². The minimum absolute atomic E-state index is 0.466. The lowest BCUT2D eigenvalue weighted by Crippen LogP contribution is -2.28. The molecule has 0 fully saturated rings. The largest absolute Gasteiger partial charge is 0.310 e. The summed E-state index contributed by atoms with van der Waals surface area (Å²) in [6.07, 6.45) is 0. The van der Waals surface area contributed by atoms with Crippen LogP contribution in [0.2, 0.25) is 0 Å². The molecule has 2 heteroatoms. The lowest BCUT2D eigenvalue weighted by atomic mass is 9.68. The third-order valence-corrected chi connectivity index (χ3v) is 14.3. The van der Waals surface area contributed by atoms with Gasteiger partial charge in [-0.1, -0.05) is 218 Å². The Morgan fingerprint density at radius 3 is 1.61 bits per heavy atom. The zero-order chi connectivity index (χ0) is 45.7. The Balaban J connectivity index is 0.948. The quantitative estimate of drug-likeness (QED) is 0.140. The molecule has 1 heterocycles. The molecule has 0 radical (unpaired) electrons. The molecule has 1 aliphatic rings. The van der Waals surface area contributed by atoms with Crippen molar-refractivity contribution in [3.63, 3.8) is 0 Å². The van der Waals surface area contributed by atoms with Gasteiger partial charge in [-0.3, -0.25) is 0 Å². The first kappa shape index (κ1) is 40.3. The van der Waals surface area contributed by atoms with E-state index in [0.717, 1.165) is 39.4 Å². The van der Waals surface area contributed by atoms with Crippen LogP contribution in [0.1, 0.15) is 22.3 Å². The SMILES string of the molecule is c1ccc(-c2cccc(-n3c4ccccc4c4ccc(-c5cccc(-c6ccccc6N(c6ccccc6)c6ccc7c(c6)-c6ccccc6C7(c6ccccc6)c6ccccc6)c5)cc43)c2)cc1. The first-order valence-electron chi connectivity index (χ1n) is 23.8. The summed E-state index contributed by atoms with van der Waals surface area (Å²) in [5, 5.41) is 2.48. The molecule has 69 heavy (non-hydrogen) atoms. The third-order valence-electron chi connectivity index (χ3n) is 14.3. The first-order valence-corrected chi connectivity index (χ1v) is 23.8. The monoisotopic (exact) mass is 878 g/mol. The van der Waals surface area contributed by atoms with Gasteiger partial charge in [0.25, 0.3) is 0 Å². The van der Waals surface area contributed by atoms with Crippen LogP contribution >= 0.6 is 0 Å². The lowest BCUT2D eigenvalue weighted by molar-refractivity contribution is 0.768. The number of hydrogen-bond donors (Lipinski definition) is 0. The molecule has 0 saturated carbocycles. The van der Waals surface area contributed by atoms with Gasteiger partial charge >= 0.3 is 0 Å². The van der Waals surface area contributed by atoms with E-state index >= 15 is 0 Å². The van der Waals surface area contributed by atoms with Crippen molar-refractivity contribution in [1.82, 2.24) is 4.57 Å². The molecule has 0 amide bonds. The number of anilines is 3. The third kappa shape index (κ3) is 6.64. The van der Waals surface area contributed by atoms with Gasteiger partial charge in [-0.15, -0.1) is 0 Å². The van der Waals surface area contributed by atoms with Gasteiger partial charge in [0.1, 0.15) is 0 Å².